The number of benzene rings is 1. The maximum absolute atomic E-state index is 12.4. The van der Waals surface area contributed by atoms with Crippen molar-refractivity contribution >= 4 is 21.8 Å². The van der Waals surface area contributed by atoms with Gasteiger partial charge in [0.1, 0.15) is 0 Å². The van der Waals surface area contributed by atoms with Crippen LogP contribution >= 0.6 is 0 Å². The summed E-state index contributed by atoms with van der Waals surface area (Å²) in [7, 11) is -3.62. The highest BCUT2D eigenvalue weighted by atomic mass is 32.2. The first kappa shape index (κ1) is 19.8. The lowest BCUT2D eigenvalue weighted by molar-refractivity contribution is -0.140. The number of sulfonamides is 1. The Kier molecular flexibility index (Phi) is 5.86. The van der Waals surface area contributed by atoms with Crippen molar-refractivity contribution in [2.24, 2.45) is 5.92 Å². The highest BCUT2D eigenvalue weighted by molar-refractivity contribution is 7.89. The zero-order chi connectivity index (χ0) is 19.6. The summed E-state index contributed by atoms with van der Waals surface area (Å²) in [4.78, 5) is 28.1. The van der Waals surface area contributed by atoms with E-state index in [9.17, 15) is 18.0 Å². The monoisotopic (exact) mass is 393 g/mol. The van der Waals surface area contributed by atoms with Gasteiger partial charge in [0, 0.05) is 45.1 Å². The number of hydrogen-bond acceptors (Lipinski definition) is 4. The summed E-state index contributed by atoms with van der Waals surface area (Å²) < 4.78 is 27.2. The molecule has 0 aromatic heterocycles. The van der Waals surface area contributed by atoms with Crippen molar-refractivity contribution in [1.29, 1.82) is 0 Å². The first-order chi connectivity index (χ1) is 12.8. The van der Waals surface area contributed by atoms with Crippen molar-refractivity contribution in [3.05, 3.63) is 29.3 Å². The number of piperazine rings is 1. The van der Waals surface area contributed by atoms with Crippen LogP contribution in [0.15, 0.2) is 23.1 Å². The molecule has 2 aliphatic rings. The Morgan fingerprint density at radius 2 is 1.67 bits per heavy atom. The van der Waals surface area contributed by atoms with Gasteiger partial charge < -0.3 is 9.80 Å². The topological polar surface area (TPSA) is 86.8 Å². The smallest absolute Gasteiger partial charge is 0.240 e. The van der Waals surface area contributed by atoms with E-state index in [-0.39, 0.29) is 35.6 Å². The zero-order valence-corrected chi connectivity index (χ0v) is 16.7. The molecule has 3 rings (SSSR count). The highest BCUT2D eigenvalue weighted by Gasteiger charge is 2.35. The predicted molar refractivity (Wildman–Crippen MR) is 102 cm³/mol. The molecule has 0 bridgehead atoms. The van der Waals surface area contributed by atoms with Gasteiger partial charge in [-0.05, 0) is 49.9 Å². The molecule has 2 fully saturated rings. The molecule has 1 aromatic rings. The van der Waals surface area contributed by atoms with Gasteiger partial charge in [0.25, 0.3) is 0 Å². The molecule has 2 amide bonds. The van der Waals surface area contributed by atoms with Gasteiger partial charge in [0.15, 0.2) is 0 Å². The number of carbonyl (C=O) groups excluding carboxylic acids is 2. The fourth-order valence-corrected chi connectivity index (χ4v) is 4.30. The van der Waals surface area contributed by atoms with Crippen LogP contribution in [-0.2, 0) is 19.6 Å². The van der Waals surface area contributed by atoms with E-state index < -0.39 is 10.0 Å². The van der Waals surface area contributed by atoms with Crippen molar-refractivity contribution in [3.8, 4) is 0 Å². The SMILES string of the molecule is Cc1ccc(S(=O)(=O)NCCC(=O)N2CCN(C(=O)C3CC3)CC2)cc1C. The molecule has 1 aliphatic heterocycles. The molecule has 1 heterocycles. The van der Waals surface area contributed by atoms with Crippen molar-refractivity contribution in [1.82, 2.24) is 14.5 Å². The first-order valence-corrected chi connectivity index (χ1v) is 10.9. The molecule has 1 aromatic carbocycles. The first-order valence-electron chi connectivity index (χ1n) is 9.41. The predicted octanol–water partition coefficient (Wildman–Crippen LogP) is 1.05. The summed E-state index contributed by atoms with van der Waals surface area (Å²) in [5.41, 5.74) is 1.94. The van der Waals surface area contributed by atoms with Crippen molar-refractivity contribution < 1.29 is 18.0 Å². The van der Waals surface area contributed by atoms with Crippen LogP contribution in [0.1, 0.15) is 30.4 Å². The minimum absolute atomic E-state index is 0.0648. The van der Waals surface area contributed by atoms with E-state index in [0.717, 1.165) is 24.0 Å². The summed E-state index contributed by atoms with van der Waals surface area (Å²) >= 11 is 0. The van der Waals surface area contributed by atoms with Crippen LogP contribution in [0.4, 0.5) is 0 Å². The van der Waals surface area contributed by atoms with E-state index in [1.54, 1.807) is 23.1 Å². The summed E-state index contributed by atoms with van der Waals surface area (Å²) in [5, 5.41) is 0. The Morgan fingerprint density at radius 3 is 2.26 bits per heavy atom. The van der Waals surface area contributed by atoms with Crippen LogP contribution in [0.5, 0.6) is 0 Å². The molecule has 7 nitrogen and oxygen atoms in total. The minimum Gasteiger partial charge on any atom is -0.339 e. The molecule has 0 unspecified atom stereocenters. The van der Waals surface area contributed by atoms with Gasteiger partial charge in [-0.3, -0.25) is 9.59 Å². The van der Waals surface area contributed by atoms with Crippen LogP contribution in [0.2, 0.25) is 0 Å². The van der Waals surface area contributed by atoms with Gasteiger partial charge >= 0.3 is 0 Å². The summed E-state index contributed by atoms with van der Waals surface area (Å²) in [5.74, 6) is 0.326. The maximum Gasteiger partial charge on any atom is 0.240 e. The molecule has 1 aliphatic carbocycles. The summed E-state index contributed by atoms with van der Waals surface area (Å²) in [6, 6.07) is 4.98. The molecule has 1 N–H and O–H groups in total. The molecule has 8 heteroatoms. The molecule has 0 spiro atoms. The van der Waals surface area contributed by atoms with Crippen LogP contribution in [0.3, 0.4) is 0 Å². The van der Waals surface area contributed by atoms with E-state index in [2.05, 4.69) is 4.72 Å². The minimum atomic E-state index is -3.62. The van der Waals surface area contributed by atoms with Gasteiger partial charge in [0.2, 0.25) is 21.8 Å². The van der Waals surface area contributed by atoms with Gasteiger partial charge in [-0.2, -0.15) is 0 Å². The number of rotatable bonds is 6. The fraction of sp³-hybridized carbons (Fsp3) is 0.579. The number of carbonyl (C=O) groups is 2. The number of nitrogens with zero attached hydrogens (tertiary/aromatic N) is 2. The maximum atomic E-state index is 12.4. The van der Waals surface area contributed by atoms with E-state index in [1.165, 1.54) is 0 Å². The Balaban J connectivity index is 1.45. The molecule has 1 saturated heterocycles. The molecular formula is C19H27N3O4S. The zero-order valence-electron chi connectivity index (χ0n) is 15.9. The van der Waals surface area contributed by atoms with Crippen molar-refractivity contribution in [2.75, 3.05) is 32.7 Å². The number of hydrogen-bond donors (Lipinski definition) is 1. The third kappa shape index (κ3) is 4.87. The fourth-order valence-electron chi connectivity index (χ4n) is 3.18. The van der Waals surface area contributed by atoms with Crippen LogP contribution < -0.4 is 4.72 Å². The van der Waals surface area contributed by atoms with E-state index in [4.69, 9.17) is 0 Å². The highest BCUT2D eigenvalue weighted by Crippen LogP contribution is 2.31. The lowest BCUT2D eigenvalue weighted by atomic mass is 10.1. The third-order valence-corrected chi connectivity index (χ3v) is 6.75. The Bertz CT molecular complexity index is 825. The van der Waals surface area contributed by atoms with E-state index in [1.807, 2.05) is 18.7 Å². The molecular weight excluding hydrogens is 366 g/mol. The van der Waals surface area contributed by atoms with Crippen LogP contribution in [-0.4, -0.2) is 62.8 Å². The van der Waals surface area contributed by atoms with Crippen molar-refractivity contribution in [2.45, 2.75) is 38.0 Å². The second-order valence-corrected chi connectivity index (χ2v) is 9.14. The number of nitrogens with one attached hydrogen (secondary N) is 1. The average Bonchev–Trinajstić information content (AvgIpc) is 3.48. The van der Waals surface area contributed by atoms with Gasteiger partial charge in [-0.25, -0.2) is 13.1 Å². The second kappa shape index (κ2) is 7.98. The largest absolute Gasteiger partial charge is 0.339 e. The second-order valence-electron chi connectivity index (χ2n) is 7.37. The lowest BCUT2D eigenvalue weighted by Crippen LogP contribution is -2.51. The van der Waals surface area contributed by atoms with Crippen LogP contribution in [0, 0.1) is 19.8 Å². The summed E-state index contributed by atoms with van der Waals surface area (Å²) in [6.07, 6.45) is 2.08. The molecule has 0 atom stereocenters. The van der Waals surface area contributed by atoms with Gasteiger partial charge in [0.05, 0.1) is 4.90 Å². The normalized spacial score (nSPS) is 17.9. The molecule has 27 heavy (non-hydrogen) atoms. The van der Waals surface area contributed by atoms with E-state index in [0.29, 0.717) is 26.2 Å². The van der Waals surface area contributed by atoms with E-state index >= 15 is 0 Å². The molecule has 0 radical (unpaired) electrons. The Labute approximate surface area is 160 Å². The third-order valence-electron chi connectivity index (χ3n) is 5.29. The number of aryl methyl sites for hydroxylation is 2. The average molecular weight is 394 g/mol. The lowest BCUT2D eigenvalue weighted by Gasteiger charge is -2.35. The molecule has 148 valence electrons. The molecule has 1 saturated carbocycles. The number of amides is 2. The quantitative estimate of drug-likeness (QED) is 0.783. The van der Waals surface area contributed by atoms with Crippen molar-refractivity contribution in [3.63, 3.8) is 0 Å². The standard InChI is InChI=1S/C19H27N3O4S/c1-14-3-6-17(13-15(14)2)27(25,26)20-8-7-18(23)21-9-11-22(12-10-21)19(24)16-4-5-16/h3,6,13,16,20H,4-5,7-12H2,1-2H3. The van der Waals surface area contributed by atoms with Crippen LogP contribution in [0.25, 0.3) is 0 Å². The van der Waals surface area contributed by atoms with Gasteiger partial charge in [-0.15, -0.1) is 0 Å². The Morgan fingerprint density at radius 1 is 1.04 bits per heavy atom. The summed E-state index contributed by atoms with van der Waals surface area (Å²) in [6.45, 7) is 6.02. The Hall–Kier alpha value is -1.93. The van der Waals surface area contributed by atoms with Gasteiger partial charge in [-0.1, -0.05) is 6.07 Å².